The molecule has 5 rings (SSSR count). The number of halogens is 1. The van der Waals surface area contributed by atoms with E-state index < -0.39 is 0 Å². The van der Waals surface area contributed by atoms with Crippen LogP contribution in [0.25, 0.3) is 32.4 Å². The zero-order valence-corrected chi connectivity index (χ0v) is 18.0. The summed E-state index contributed by atoms with van der Waals surface area (Å²) in [5, 5.41) is 14.2. The molecule has 31 heavy (non-hydrogen) atoms. The standard InChI is InChI=1S/C27H24ClN3/c28-21-10-11-24-26(12-15-31-27(24)17-21)30-14-5-13-29-18-25-22-8-3-1-6-19(22)16-20-7-2-4-9-23(20)25/h1-4,6-12,15-17,29H,5,13-14,18H2,(H,30,31). The molecular weight excluding hydrogens is 402 g/mol. The largest absolute Gasteiger partial charge is 0.384 e. The van der Waals surface area contributed by atoms with Crippen molar-refractivity contribution in [1.29, 1.82) is 0 Å². The van der Waals surface area contributed by atoms with Crippen LogP contribution in [0, 0.1) is 0 Å². The molecule has 1 aromatic heterocycles. The van der Waals surface area contributed by atoms with Crippen molar-refractivity contribution < 1.29 is 0 Å². The SMILES string of the molecule is Clc1ccc2c(NCCCNCc3c4ccccc4cc4ccccc34)ccnc2c1. The van der Waals surface area contributed by atoms with Crippen molar-refractivity contribution in [3.8, 4) is 0 Å². The monoisotopic (exact) mass is 425 g/mol. The summed E-state index contributed by atoms with van der Waals surface area (Å²) in [4.78, 5) is 4.41. The summed E-state index contributed by atoms with van der Waals surface area (Å²) in [7, 11) is 0. The van der Waals surface area contributed by atoms with Crippen LogP contribution in [0.5, 0.6) is 0 Å². The second-order valence-corrected chi connectivity index (χ2v) is 8.21. The maximum atomic E-state index is 6.09. The van der Waals surface area contributed by atoms with Crippen LogP contribution in [0.15, 0.2) is 85.1 Å². The van der Waals surface area contributed by atoms with Crippen molar-refractivity contribution >= 4 is 49.7 Å². The van der Waals surface area contributed by atoms with E-state index in [0.717, 1.165) is 42.6 Å². The number of rotatable bonds is 7. The fourth-order valence-corrected chi connectivity index (χ4v) is 4.39. The van der Waals surface area contributed by atoms with Gasteiger partial charge >= 0.3 is 0 Å². The first-order valence-corrected chi connectivity index (χ1v) is 11.1. The number of aromatic nitrogens is 1. The number of nitrogens with one attached hydrogen (secondary N) is 2. The van der Waals surface area contributed by atoms with E-state index in [9.17, 15) is 0 Å². The molecule has 154 valence electrons. The van der Waals surface area contributed by atoms with E-state index in [1.54, 1.807) is 0 Å². The minimum atomic E-state index is 0.710. The first-order chi connectivity index (χ1) is 15.3. The number of anilines is 1. The maximum absolute atomic E-state index is 6.09. The normalized spacial score (nSPS) is 11.4. The van der Waals surface area contributed by atoms with Gasteiger partial charge in [0.05, 0.1) is 5.52 Å². The quantitative estimate of drug-likeness (QED) is 0.223. The highest BCUT2D eigenvalue weighted by Gasteiger charge is 2.07. The molecule has 0 saturated heterocycles. The second-order valence-electron chi connectivity index (χ2n) is 7.77. The zero-order chi connectivity index (χ0) is 21.0. The van der Waals surface area contributed by atoms with Crippen molar-refractivity contribution in [1.82, 2.24) is 10.3 Å². The maximum Gasteiger partial charge on any atom is 0.0737 e. The van der Waals surface area contributed by atoms with Gasteiger partial charge in [0.15, 0.2) is 0 Å². The van der Waals surface area contributed by atoms with Crippen LogP contribution in [0.1, 0.15) is 12.0 Å². The van der Waals surface area contributed by atoms with Crippen molar-refractivity contribution in [2.75, 3.05) is 18.4 Å². The Bertz CT molecular complexity index is 1310. The molecule has 3 nitrogen and oxygen atoms in total. The van der Waals surface area contributed by atoms with Gasteiger partial charge in [0.1, 0.15) is 0 Å². The average Bonchev–Trinajstić information content (AvgIpc) is 2.80. The van der Waals surface area contributed by atoms with Gasteiger partial charge in [-0.05, 0) is 70.4 Å². The number of fused-ring (bicyclic) bond motifs is 3. The molecular formula is C27H24ClN3. The van der Waals surface area contributed by atoms with Gasteiger partial charge in [-0.25, -0.2) is 0 Å². The molecule has 0 unspecified atom stereocenters. The molecule has 0 radical (unpaired) electrons. The Morgan fingerprint density at radius 1 is 0.742 bits per heavy atom. The minimum absolute atomic E-state index is 0.710. The Morgan fingerprint density at radius 3 is 2.26 bits per heavy atom. The van der Waals surface area contributed by atoms with Gasteiger partial charge in [-0.2, -0.15) is 0 Å². The van der Waals surface area contributed by atoms with Gasteiger partial charge in [0, 0.05) is 35.4 Å². The summed E-state index contributed by atoms with van der Waals surface area (Å²) in [5.41, 5.74) is 3.39. The molecule has 4 heteroatoms. The molecule has 0 saturated carbocycles. The minimum Gasteiger partial charge on any atom is -0.384 e. The number of pyridine rings is 1. The summed E-state index contributed by atoms with van der Waals surface area (Å²) < 4.78 is 0. The third-order valence-corrected chi connectivity index (χ3v) is 5.97. The van der Waals surface area contributed by atoms with E-state index in [2.05, 4.69) is 70.2 Å². The molecule has 0 fully saturated rings. The molecule has 0 aliphatic heterocycles. The molecule has 2 N–H and O–H groups in total. The predicted octanol–water partition coefficient (Wildman–Crippen LogP) is 6.79. The van der Waals surface area contributed by atoms with Gasteiger partial charge < -0.3 is 10.6 Å². The van der Waals surface area contributed by atoms with E-state index in [1.807, 2.05) is 30.5 Å². The zero-order valence-electron chi connectivity index (χ0n) is 17.2. The molecule has 0 amide bonds. The Balaban J connectivity index is 1.23. The molecule has 1 heterocycles. The highest BCUT2D eigenvalue weighted by atomic mass is 35.5. The topological polar surface area (TPSA) is 37.0 Å². The highest BCUT2D eigenvalue weighted by Crippen LogP contribution is 2.28. The van der Waals surface area contributed by atoms with Crippen molar-refractivity contribution in [2.24, 2.45) is 0 Å². The smallest absolute Gasteiger partial charge is 0.0737 e. The van der Waals surface area contributed by atoms with Gasteiger partial charge in [-0.3, -0.25) is 4.98 Å². The van der Waals surface area contributed by atoms with Crippen LogP contribution < -0.4 is 10.6 Å². The number of nitrogens with zero attached hydrogens (tertiary/aromatic N) is 1. The fourth-order valence-electron chi connectivity index (χ4n) is 4.22. The van der Waals surface area contributed by atoms with E-state index in [4.69, 9.17) is 11.6 Å². The summed E-state index contributed by atoms with van der Waals surface area (Å²) >= 11 is 6.09. The number of benzene rings is 4. The highest BCUT2D eigenvalue weighted by molar-refractivity contribution is 6.31. The summed E-state index contributed by atoms with van der Waals surface area (Å²) in [5.74, 6) is 0. The third-order valence-electron chi connectivity index (χ3n) is 5.74. The summed E-state index contributed by atoms with van der Waals surface area (Å²) in [6.07, 6.45) is 2.85. The van der Waals surface area contributed by atoms with Gasteiger partial charge in [0.2, 0.25) is 0 Å². The van der Waals surface area contributed by atoms with Gasteiger partial charge in [0.25, 0.3) is 0 Å². The predicted molar refractivity (Wildman–Crippen MR) is 133 cm³/mol. The first-order valence-electron chi connectivity index (χ1n) is 10.7. The Hall–Kier alpha value is -3.14. The first kappa shape index (κ1) is 19.8. The average molecular weight is 426 g/mol. The Kier molecular flexibility index (Phi) is 5.70. The lowest BCUT2D eigenvalue weighted by molar-refractivity contribution is 0.668. The van der Waals surface area contributed by atoms with Crippen LogP contribution >= 0.6 is 11.6 Å². The molecule has 0 spiro atoms. The van der Waals surface area contributed by atoms with Gasteiger partial charge in [-0.15, -0.1) is 0 Å². The van der Waals surface area contributed by atoms with Crippen LogP contribution in [-0.2, 0) is 6.54 Å². The van der Waals surface area contributed by atoms with Crippen LogP contribution in [0.4, 0.5) is 5.69 Å². The lowest BCUT2D eigenvalue weighted by Crippen LogP contribution is -2.18. The molecule has 0 aliphatic rings. The van der Waals surface area contributed by atoms with E-state index >= 15 is 0 Å². The lowest BCUT2D eigenvalue weighted by atomic mass is 9.97. The van der Waals surface area contributed by atoms with E-state index in [0.29, 0.717) is 5.02 Å². The van der Waals surface area contributed by atoms with Crippen molar-refractivity contribution in [3.63, 3.8) is 0 Å². The molecule has 0 bridgehead atoms. The molecule has 0 aliphatic carbocycles. The van der Waals surface area contributed by atoms with E-state index in [-0.39, 0.29) is 0 Å². The molecule has 4 aromatic carbocycles. The lowest BCUT2D eigenvalue weighted by Gasteiger charge is -2.13. The van der Waals surface area contributed by atoms with Crippen LogP contribution in [-0.4, -0.2) is 18.1 Å². The van der Waals surface area contributed by atoms with E-state index in [1.165, 1.54) is 27.1 Å². The van der Waals surface area contributed by atoms with Crippen molar-refractivity contribution in [2.45, 2.75) is 13.0 Å². The third kappa shape index (κ3) is 4.20. The van der Waals surface area contributed by atoms with Gasteiger partial charge in [-0.1, -0.05) is 60.1 Å². The Labute approximate surface area is 187 Å². The molecule has 0 atom stereocenters. The Morgan fingerprint density at radius 2 is 1.48 bits per heavy atom. The summed E-state index contributed by atoms with van der Waals surface area (Å²) in [6, 6.07) is 27.4. The number of hydrogen-bond acceptors (Lipinski definition) is 3. The van der Waals surface area contributed by atoms with Crippen LogP contribution in [0.3, 0.4) is 0 Å². The van der Waals surface area contributed by atoms with Crippen LogP contribution in [0.2, 0.25) is 5.02 Å². The molecule has 5 aromatic rings. The van der Waals surface area contributed by atoms with Crippen molar-refractivity contribution in [3.05, 3.63) is 95.6 Å². The second kappa shape index (κ2) is 8.93. The fraction of sp³-hybridized carbons (Fsp3) is 0.148. The summed E-state index contributed by atoms with van der Waals surface area (Å²) in [6.45, 7) is 2.70. The number of hydrogen-bond donors (Lipinski definition) is 2.